The molecule has 5 heteroatoms. The molecule has 2 aromatic heterocycles. The topological polar surface area (TPSA) is 56.8 Å². The minimum absolute atomic E-state index is 0.0612. The predicted octanol–water partition coefficient (Wildman–Crippen LogP) is 3.55. The Balaban J connectivity index is 1.49. The van der Waals surface area contributed by atoms with Gasteiger partial charge in [-0.1, -0.05) is 6.92 Å². The number of aromatic nitrogens is 1. The van der Waals surface area contributed by atoms with Gasteiger partial charge in [-0.2, -0.15) is 9.83 Å². The van der Waals surface area contributed by atoms with E-state index in [4.69, 9.17) is 0 Å². The van der Waals surface area contributed by atoms with Gasteiger partial charge in [0, 0.05) is 16.5 Å². The van der Waals surface area contributed by atoms with E-state index in [-0.39, 0.29) is 12.5 Å². The minimum Gasteiger partial charge on any atom is -0.311 e. The highest BCUT2D eigenvalue weighted by atomic mass is 32.1. The standard InChI is InChI=1S/C21H23N3OS/c1-14-6-7-17-18(11-22)21(26-19(17)10-14)23-20(25)13-24-9-8-15-4-2-3-5-16(15)12-24/h8-9,12,14H,2-7,10,13H2,1H3/p+1/t14-/m0/s1. The number of thiophene rings is 1. The molecule has 1 atom stereocenters. The lowest BCUT2D eigenvalue weighted by atomic mass is 9.89. The highest BCUT2D eigenvalue weighted by Gasteiger charge is 2.25. The quantitative estimate of drug-likeness (QED) is 0.845. The fourth-order valence-corrected chi connectivity index (χ4v) is 5.48. The average Bonchev–Trinajstić information content (AvgIpc) is 2.97. The maximum absolute atomic E-state index is 12.6. The first-order valence-electron chi connectivity index (χ1n) is 9.49. The SMILES string of the molecule is C[C@H]1CCc2c(sc(NC(=O)C[n+]3ccc4c(c3)CCCC4)c2C#N)C1. The van der Waals surface area contributed by atoms with Gasteiger partial charge >= 0.3 is 0 Å². The first-order valence-corrected chi connectivity index (χ1v) is 10.3. The number of hydrogen-bond acceptors (Lipinski definition) is 3. The molecule has 134 valence electrons. The molecule has 1 amide bonds. The molecule has 0 aliphatic heterocycles. The molecular formula is C21H24N3OS+. The molecule has 0 saturated carbocycles. The lowest BCUT2D eigenvalue weighted by molar-refractivity contribution is -0.684. The normalized spacial score (nSPS) is 18.5. The van der Waals surface area contributed by atoms with Gasteiger partial charge < -0.3 is 5.32 Å². The summed E-state index contributed by atoms with van der Waals surface area (Å²) in [6, 6.07) is 4.46. The summed E-state index contributed by atoms with van der Waals surface area (Å²) >= 11 is 1.59. The lowest BCUT2D eigenvalue weighted by Gasteiger charge is -2.17. The van der Waals surface area contributed by atoms with Gasteiger partial charge in [0.05, 0.1) is 5.56 Å². The number of anilines is 1. The van der Waals surface area contributed by atoms with E-state index in [0.29, 0.717) is 11.5 Å². The highest BCUT2D eigenvalue weighted by Crippen LogP contribution is 2.39. The molecule has 2 aliphatic rings. The molecule has 4 rings (SSSR count). The second-order valence-corrected chi connectivity index (χ2v) is 8.70. The van der Waals surface area contributed by atoms with Gasteiger partial charge in [0.15, 0.2) is 12.4 Å². The summed E-state index contributed by atoms with van der Waals surface area (Å²) in [7, 11) is 0. The maximum atomic E-state index is 12.6. The monoisotopic (exact) mass is 366 g/mol. The summed E-state index contributed by atoms with van der Waals surface area (Å²) in [5, 5.41) is 13.3. The van der Waals surface area contributed by atoms with Gasteiger partial charge in [-0.3, -0.25) is 4.79 Å². The van der Waals surface area contributed by atoms with Crippen LogP contribution in [0.3, 0.4) is 0 Å². The molecule has 26 heavy (non-hydrogen) atoms. The molecule has 2 aromatic rings. The third kappa shape index (κ3) is 3.39. The van der Waals surface area contributed by atoms with Crippen LogP contribution >= 0.6 is 11.3 Å². The number of nitriles is 1. The zero-order chi connectivity index (χ0) is 18.1. The van der Waals surface area contributed by atoms with Crippen LogP contribution in [0.1, 0.15) is 53.3 Å². The van der Waals surface area contributed by atoms with Gasteiger partial charge in [-0.05, 0) is 62.0 Å². The summed E-state index contributed by atoms with van der Waals surface area (Å²) < 4.78 is 1.96. The Morgan fingerprint density at radius 1 is 1.35 bits per heavy atom. The van der Waals surface area contributed by atoms with Crippen LogP contribution in [0.4, 0.5) is 5.00 Å². The Bertz CT molecular complexity index is 893. The smallest absolute Gasteiger partial charge is 0.290 e. The number of nitrogens with one attached hydrogen (secondary N) is 1. The van der Waals surface area contributed by atoms with Gasteiger partial charge in [0.25, 0.3) is 5.91 Å². The molecule has 0 unspecified atom stereocenters. The molecule has 0 fully saturated rings. The third-order valence-electron chi connectivity index (χ3n) is 5.55. The first-order chi connectivity index (χ1) is 12.6. The van der Waals surface area contributed by atoms with Crippen LogP contribution in [0.15, 0.2) is 18.5 Å². The van der Waals surface area contributed by atoms with Crippen molar-refractivity contribution in [3.63, 3.8) is 0 Å². The Labute approximate surface area is 158 Å². The van der Waals surface area contributed by atoms with Gasteiger partial charge in [-0.15, -0.1) is 11.3 Å². The van der Waals surface area contributed by atoms with Gasteiger partial charge in [0.1, 0.15) is 11.1 Å². The van der Waals surface area contributed by atoms with E-state index in [9.17, 15) is 10.1 Å². The predicted molar refractivity (Wildman–Crippen MR) is 102 cm³/mol. The van der Waals surface area contributed by atoms with Crippen molar-refractivity contribution in [3.8, 4) is 6.07 Å². The van der Waals surface area contributed by atoms with Crippen LogP contribution in [0, 0.1) is 17.2 Å². The lowest BCUT2D eigenvalue weighted by Crippen LogP contribution is -2.40. The number of hydrogen-bond donors (Lipinski definition) is 1. The van der Waals surface area contributed by atoms with Crippen LogP contribution in [0.2, 0.25) is 0 Å². The zero-order valence-electron chi connectivity index (χ0n) is 15.2. The molecule has 2 aliphatic carbocycles. The van der Waals surface area contributed by atoms with Crippen LogP contribution in [0.25, 0.3) is 0 Å². The summed E-state index contributed by atoms with van der Waals surface area (Å²) in [4.78, 5) is 13.8. The number of rotatable bonds is 3. The van der Waals surface area contributed by atoms with Crippen molar-refractivity contribution in [2.75, 3.05) is 5.32 Å². The summed E-state index contributed by atoms with van der Waals surface area (Å²) in [6.45, 7) is 2.54. The van der Waals surface area contributed by atoms with Crippen LogP contribution in [-0.4, -0.2) is 5.91 Å². The minimum atomic E-state index is -0.0612. The molecule has 2 heterocycles. The van der Waals surface area contributed by atoms with Crippen LogP contribution < -0.4 is 9.88 Å². The number of carbonyl (C=O) groups is 1. The Kier molecular flexibility index (Phi) is 4.78. The Morgan fingerprint density at radius 2 is 2.15 bits per heavy atom. The number of amides is 1. The number of fused-ring (bicyclic) bond motifs is 2. The van der Waals surface area contributed by atoms with E-state index in [1.807, 2.05) is 10.8 Å². The second kappa shape index (κ2) is 7.20. The average molecular weight is 367 g/mol. The van der Waals surface area contributed by atoms with E-state index in [1.165, 1.54) is 28.8 Å². The summed E-state index contributed by atoms with van der Waals surface area (Å²) in [6.07, 6.45) is 11.9. The number of nitrogens with zero attached hydrogens (tertiary/aromatic N) is 2. The molecule has 4 nitrogen and oxygen atoms in total. The van der Waals surface area contributed by atoms with Gasteiger partial charge in [-0.25, -0.2) is 0 Å². The molecule has 0 spiro atoms. The Hall–Kier alpha value is -2.19. The van der Waals surface area contributed by atoms with Crippen LogP contribution in [0.5, 0.6) is 0 Å². The highest BCUT2D eigenvalue weighted by molar-refractivity contribution is 7.16. The van der Waals surface area contributed by atoms with E-state index < -0.39 is 0 Å². The molecule has 0 radical (unpaired) electrons. The molecule has 1 N–H and O–H groups in total. The Morgan fingerprint density at radius 3 is 2.96 bits per heavy atom. The second-order valence-electron chi connectivity index (χ2n) is 7.59. The molecule has 0 aromatic carbocycles. The van der Waals surface area contributed by atoms with Crippen molar-refractivity contribution in [1.29, 1.82) is 5.26 Å². The van der Waals surface area contributed by atoms with Crippen molar-refractivity contribution in [1.82, 2.24) is 0 Å². The zero-order valence-corrected chi connectivity index (χ0v) is 16.0. The number of pyridine rings is 1. The van der Waals surface area contributed by atoms with E-state index in [2.05, 4.69) is 30.6 Å². The maximum Gasteiger partial charge on any atom is 0.290 e. The van der Waals surface area contributed by atoms with Crippen molar-refractivity contribution in [2.24, 2.45) is 5.92 Å². The largest absolute Gasteiger partial charge is 0.311 e. The van der Waals surface area contributed by atoms with Gasteiger partial charge in [0.2, 0.25) is 6.54 Å². The molecule has 0 saturated heterocycles. The molecular weight excluding hydrogens is 342 g/mol. The van der Waals surface area contributed by atoms with E-state index in [1.54, 1.807) is 11.3 Å². The molecule has 0 bridgehead atoms. The van der Waals surface area contributed by atoms with Crippen molar-refractivity contribution >= 4 is 22.2 Å². The fraction of sp³-hybridized carbons (Fsp3) is 0.476. The van der Waals surface area contributed by atoms with Crippen molar-refractivity contribution in [2.45, 2.75) is 58.4 Å². The summed E-state index contributed by atoms with van der Waals surface area (Å²) in [5.41, 5.74) is 4.62. The fourth-order valence-electron chi connectivity index (χ4n) is 4.11. The number of aryl methyl sites for hydroxylation is 2. The van der Waals surface area contributed by atoms with Crippen molar-refractivity contribution < 1.29 is 9.36 Å². The third-order valence-corrected chi connectivity index (χ3v) is 6.72. The first kappa shape index (κ1) is 17.2. The summed E-state index contributed by atoms with van der Waals surface area (Å²) in [5.74, 6) is 0.594. The number of carbonyl (C=O) groups excluding carboxylic acids is 1. The van der Waals surface area contributed by atoms with Crippen LogP contribution in [-0.2, 0) is 37.0 Å². The van der Waals surface area contributed by atoms with E-state index >= 15 is 0 Å². The van der Waals surface area contributed by atoms with E-state index in [0.717, 1.165) is 42.7 Å². The van der Waals surface area contributed by atoms with Crippen molar-refractivity contribution in [3.05, 3.63) is 45.6 Å².